The summed E-state index contributed by atoms with van der Waals surface area (Å²) in [4.78, 5) is 35.8. The van der Waals surface area contributed by atoms with Crippen LogP contribution in [0.25, 0.3) is 0 Å². The number of carbonyl (C=O) groups excluding carboxylic acids is 2. The lowest BCUT2D eigenvalue weighted by Crippen LogP contribution is -2.55. The molecule has 1 aromatic carbocycles. The summed E-state index contributed by atoms with van der Waals surface area (Å²) in [7, 11) is 0. The molecule has 0 radical (unpaired) electrons. The monoisotopic (exact) mass is 415 g/mol. The molecule has 0 heterocycles. The fourth-order valence-electron chi connectivity index (χ4n) is 2.22. The average molecular weight is 416 g/mol. The zero-order chi connectivity index (χ0) is 20.4. The van der Waals surface area contributed by atoms with Gasteiger partial charge in [0.15, 0.2) is 0 Å². The van der Waals surface area contributed by atoms with Crippen molar-refractivity contribution >= 4 is 42.2 Å². The molecule has 0 saturated carbocycles. The highest BCUT2D eigenvalue weighted by Gasteiger charge is 2.27. The van der Waals surface area contributed by atoms with Crippen LogP contribution in [0.4, 0.5) is 0 Å². The van der Waals surface area contributed by atoms with E-state index in [9.17, 15) is 19.5 Å². The minimum atomic E-state index is -1.20. The maximum atomic E-state index is 12.4. The first-order valence-electron chi connectivity index (χ1n) is 8.25. The van der Waals surface area contributed by atoms with Crippen molar-refractivity contribution in [2.24, 2.45) is 5.73 Å². The predicted molar refractivity (Wildman–Crippen MR) is 108 cm³/mol. The molecule has 0 bridgehead atoms. The number of carboxylic acids is 1. The number of phenolic OH excluding ortho intramolecular Hbond substituents is 1. The van der Waals surface area contributed by atoms with E-state index in [1.807, 2.05) is 6.26 Å². The quantitative estimate of drug-likeness (QED) is 0.279. The SMILES string of the molecule is CSCC[C@H](NC(=O)[C@@H](N)Cc1ccc(O)cc1)C(=O)N[C@@H](CS)C(=O)O. The van der Waals surface area contributed by atoms with Gasteiger partial charge in [0.25, 0.3) is 0 Å². The summed E-state index contributed by atoms with van der Waals surface area (Å²) in [5.74, 6) is -1.65. The van der Waals surface area contributed by atoms with Gasteiger partial charge in [-0.25, -0.2) is 4.79 Å². The van der Waals surface area contributed by atoms with Crippen molar-refractivity contribution in [1.82, 2.24) is 10.6 Å². The molecule has 27 heavy (non-hydrogen) atoms. The first kappa shape index (κ1) is 23.1. The van der Waals surface area contributed by atoms with Gasteiger partial charge in [-0.05, 0) is 42.5 Å². The molecule has 0 fully saturated rings. The first-order valence-corrected chi connectivity index (χ1v) is 10.3. The number of thiol groups is 1. The number of carbonyl (C=O) groups is 3. The van der Waals surface area contributed by atoms with E-state index in [1.165, 1.54) is 23.9 Å². The Morgan fingerprint density at radius 2 is 1.74 bits per heavy atom. The number of thioether (sulfide) groups is 1. The Labute approximate surface area is 167 Å². The van der Waals surface area contributed by atoms with Crippen LogP contribution in [0.1, 0.15) is 12.0 Å². The van der Waals surface area contributed by atoms with E-state index in [0.29, 0.717) is 12.2 Å². The second-order valence-corrected chi connectivity index (χ2v) is 7.25. The van der Waals surface area contributed by atoms with Crippen LogP contribution in [0.5, 0.6) is 5.75 Å². The third-order valence-corrected chi connectivity index (χ3v) is 4.78. The van der Waals surface area contributed by atoms with Crippen molar-refractivity contribution < 1.29 is 24.6 Å². The number of amides is 2. The molecule has 3 atom stereocenters. The molecule has 6 N–H and O–H groups in total. The lowest BCUT2D eigenvalue weighted by Gasteiger charge is -2.22. The second-order valence-electron chi connectivity index (χ2n) is 5.90. The molecule has 1 aromatic rings. The Morgan fingerprint density at radius 1 is 1.15 bits per heavy atom. The maximum absolute atomic E-state index is 12.4. The lowest BCUT2D eigenvalue weighted by atomic mass is 10.1. The largest absolute Gasteiger partial charge is 0.508 e. The van der Waals surface area contributed by atoms with Gasteiger partial charge in [-0.3, -0.25) is 9.59 Å². The summed E-state index contributed by atoms with van der Waals surface area (Å²) in [6, 6.07) is 3.39. The zero-order valence-electron chi connectivity index (χ0n) is 14.9. The fourth-order valence-corrected chi connectivity index (χ4v) is 2.94. The number of hydrogen-bond acceptors (Lipinski definition) is 7. The van der Waals surface area contributed by atoms with Crippen LogP contribution in [0, 0.1) is 0 Å². The maximum Gasteiger partial charge on any atom is 0.327 e. The highest BCUT2D eigenvalue weighted by atomic mass is 32.2. The van der Waals surface area contributed by atoms with E-state index < -0.39 is 35.9 Å². The molecule has 1 rings (SSSR count). The van der Waals surface area contributed by atoms with Gasteiger partial charge in [0, 0.05) is 5.75 Å². The Morgan fingerprint density at radius 3 is 2.26 bits per heavy atom. The fraction of sp³-hybridized carbons (Fsp3) is 0.471. The standard InChI is InChI=1S/C17H25N3O5S2/c1-27-7-6-13(16(23)20-14(9-26)17(24)25)19-15(22)12(18)8-10-2-4-11(21)5-3-10/h2-5,12-14,21,26H,6-9,18H2,1H3,(H,19,22)(H,20,23)(H,24,25)/t12-,13-,14-/m0/s1. The lowest BCUT2D eigenvalue weighted by molar-refractivity contribution is -0.141. The molecule has 0 aliphatic carbocycles. The molecule has 0 aromatic heterocycles. The number of phenols is 1. The number of nitrogens with one attached hydrogen (secondary N) is 2. The van der Waals surface area contributed by atoms with Crippen molar-refractivity contribution in [3.8, 4) is 5.75 Å². The molecular weight excluding hydrogens is 390 g/mol. The number of benzene rings is 1. The molecule has 0 unspecified atom stereocenters. The molecule has 8 nitrogen and oxygen atoms in total. The number of carboxylic acid groups (broad SMARTS) is 1. The minimum absolute atomic E-state index is 0.0648. The molecule has 150 valence electrons. The topological polar surface area (TPSA) is 142 Å². The van der Waals surface area contributed by atoms with Crippen LogP contribution in [0.3, 0.4) is 0 Å². The number of hydrogen-bond donors (Lipinski definition) is 6. The first-order chi connectivity index (χ1) is 12.8. The van der Waals surface area contributed by atoms with Gasteiger partial charge in [0.2, 0.25) is 11.8 Å². The zero-order valence-corrected chi connectivity index (χ0v) is 16.6. The van der Waals surface area contributed by atoms with Crippen LogP contribution in [-0.2, 0) is 20.8 Å². The summed E-state index contributed by atoms with van der Waals surface area (Å²) < 4.78 is 0. The number of nitrogens with two attached hydrogens (primary N) is 1. The second kappa shape index (κ2) is 11.7. The summed E-state index contributed by atoms with van der Waals surface area (Å²) >= 11 is 5.41. The van der Waals surface area contributed by atoms with E-state index in [4.69, 9.17) is 10.8 Å². The predicted octanol–water partition coefficient (Wildman–Crippen LogP) is -0.000900. The van der Waals surface area contributed by atoms with Crippen molar-refractivity contribution in [3.05, 3.63) is 29.8 Å². The molecule has 0 spiro atoms. The van der Waals surface area contributed by atoms with E-state index in [-0.39, 0.29) is 17.9 Å². The molecule has 0 aliphatic heterocycles. The van der Waals surface area contributed by atoms with Crippen LogP contribution < -0.4 is 16.4 Å². The van der Waals surface area contributed by atoms with Gasteiger partial charge in [0.05, 0.1) is 6.04 Å². The summed E-state index contributed by atoms with van der Waals surface area (Å²) in [6.07, 6.45) is 2.43. The summed E-state index contributed by atoms with van der Waals surface area (Å²) in [5.41, 5.74) is 6.69. The summed E-state index contributed by atoms with van der Waals surface area (Å²) in [6.45, 7) is 0. The molecular formula is C17H25N3O5S2. The van der Waals surface area contributed by atoms with Crippen molar-refractivity contribution in [2.45, 2.75) is 31.0 Å². The molecule has 0 aliphatic rings. The summed E-state index contributed by atoms with van der Waals surface area (Å²) in [5, 5.41) is 23.3. The van der Waals surface area contributed by atoms with Gasteiger partial charge >= 0.3 is 5.97 Å². The van der Waals surface area contributed by atoms with E-state index in [0.717, 1.165) is 5.56 Å². The third-order valence-electron chi connectivity index (χ3n) is 3.77. The van der Waals surface area contributed by atoms with Gasteiger partial charge in [-0.15, -0.1) is 0 Å². The van der Waals surface area contributed by atoms with Crippen LogP contribution in [0.15, 0.2) is 24.3 Å². The number of aliphatic carboxylic acids is 1. The van der Waals surface area contributed by atoms with Crippen molar-refractivity contribution in [2.75, 3.05) is 17.8 Å². The average Bonchev–Trinajstić information content (AvgIpc) is 2.64. The van der Waals surface area contributed by atoms with Crippen molar-refractivity contribution in [3.63, 3.8) is 0 Å². The Bertz CT molecular complexity index is 642. The highest BCUT2D eigenvalue weighted by molar-refractivity contribution is 7.98. The van der Waals surface area contributed by atoms with E-state index >= 15 is 0 Å². The normalized spacial score (nSPS) is 14.0. The van der Waals surface area contributed by atoms with Gasteiger partial charge < -0.3 is 26.6 Å². The van der Waals surface area contributed by atoms with E-state index in [2.05, 4.69) is 23.3 Å². The number of aromatic hydroxyl groups is 1. The van der Waals surface area contributed by atoms with Crippen LogP contribution in [0.2, 0.25) is 0 Å². The van der Waals surface area contributed by atoms with Gasteiger partial charge in [0.1, 0.15) is 17.8 Å². The number of rotatable bonds is 11. The smallest absolute Gasteiger partial charge is 0.327 e. The molecule has 0 saturated heterocycles. The molecule has 10 heteroatoms. The Hall–Kier alpha value is -1.91. The van der Waals surface area contributed by atoms with E-state index in [1.54, 1.807) is 12.1 Å². The van der Waals surface area contributed by atoms with Gasteiger partial charge in [-0.1, -0.05) is 12.1 Å². The highest BCUT2D eigenvalue weighted by Crippen LogP contribution is 2.11. The third kappa shape index (κ3) is 8.10. The Balaban J connectivity index is 2.72. The molecule has 2 amide bonds. The Kier molecular flexibility index (Phi) is 10.0. The minimum Gasteiger partial charge on any atom is -0.508 e. The van der Waals surface area contributed by atoms with Crippen LogP contribution >= 0.6 is 24.4 Å². The van der Waals surface area contributed by atoms with Gasteiger partial charge in [-0.2, -0.15) is 24.4 Å². The van der Waals surface area contributed by atoms with Crippen LogP contribution in [-0.4, -0.2) is 63.9 Å². The van der Waals surface area contributed by atoms with Crippen molar-refractivity contribution in [1.29, 1.82) is 0 Å².